The van der Waals surface area contributed by atoms with Crippen LogP contribution in [0, 0.1) is 5.82 Å². The molecule has 1 N–H and O–H groups in total. The number of hydrogen-bond acceptors (Lipinski definition) is 2. The van der Waals surface area contributed by atoms with Crippen LogP contribution in [-0.4, -0.2) is 22.6 Å². The number of benzene rings is 1. The Balaban J connectivity index is 2.08. The summed E-state index contributed by atoms with van der Waals surface area (Å²) in [6.07, 6.45) is 3.48. The first-order valence-electron chi connectivity index (χ1n) is 5.44. The van der Waals surface area contributed by atoms with Gasteiger partial charge in [0.15, 0.2) is 0 Å². The van der Waals surface area contributed by atoms with Gasteiger partial charge in [0.05, 0.1) is 12.0 Å². The fourth-order valence-corrected chi connectivity index (χ4v) is 2.33. The Kier molecular flexibility index (Phi) is 2.72. The van der Waals surface area contributed by atoms with Crippen LogP contribution in [0.2, 0.25) is 0 Å². The van der Waals surface area contributed by atoms with Crippen LogP contribution in [-0.2, 0) is 0 Å². The van der Waals surface area contributed by atoms with E-state index in [2.05, 4.69) is 26.2 Å². The molecular weight excluding hydrogens is 285 g/mol. The molecule has 5 heteroatoms. The molecule has 0 spiro atoms. The lowest BCUT2D eigenvalue weighted by molar-refractivity contribution is 0.434. The Morgan fingerprint density at radius 2 is 2.24 bits per heavy atom. The van der Waals surface area contributed by atoms with E-state index in [0.29, 0.717) is 11.6 Å². The smallest absolute Gasteiger partial charge is 0.147 e. The Morgan fingerprint density at radius 3 is 2.94 bits per heavy atom. The van der Waals surface area contributed by atoms with Crippen molar-refractivity contribution < 1.29 is 4.39 Å². The first-order valence-corrected chi connectivity index (χ1v) is 6.23. The molecule has 0 atom stereocenters. The molecular formula is C12H11BrFN3. The van der Waals surface area contributed by atoms with Gasteiger partial charge in [-0.15, -0.1) is 0 Å². The van der Waals surface area contributed by atoms with Gasteiger partial charge in [-0.3, -0.25) is 4.57 Å². The monoisotopic (exact) mass is 295 g/mol. The second-order valence-electron chi connectivity index (χ2n) is 4.14. The van der Waals surface area contributed by atoms with Gasteiger partial charge in [0.25, 0.3) is 0 Å². The van der Waals surface area contributed by atoms with E-state index in [9.17, 15) is 4.39 Å². The third-order valence-corrected chi connectivity index (χ3v) is 3.53. The number of nitrogens with zero attached hydrogens (tertiary/aromatic N) is 2. The van der Waals surface area contributed by atoms with Crippen molar-refractivity contribution in [1.82, 2.24) is 14.9 Å². The number of nitrogens with one attached hydrogen (secondary N) is 1. The maximum atomic E-state index is 13.8. The zero-order valence-corrected chi connectivity index (χ0v) is 10.6. The first kappa shape index (κ1) is 10.9. The van der Waals surface area contributed by atoms with Crippen molar-refractivity contribution in [3.63, 3.8) is 0 Å². The summed E-state index contributed by atoms with van der Waals surface area (Å²) in [4.78, 5) is 4.13. The fraction of sp³-hybridized carbons (Fsp3) is 0.250. The maximum Gasteiger partial charge on any atom is 0.147 e. The number of imidazole rings is 1. The largest absolute Gasteiger partial charge is 0.315 e. The van der Waals surface area contributed by atoms with E-state index in [0.717, 1.165) is 23.3 Å². The molecule has 1 aliphatic heterocycles. The molecule has 1 aromatic heterocycles. The van der Waals surface area contributed by atoms with Gasteiger partial charge in [0.2, 0.25) is 0 Å². The Hall–Kier alpha value is -1.20. The molecule has 0 unspecified atom stereocenters. The summed E-state index contributed by atoms with van der Waals surface area (Å²) < 4.78 is 16.5. The highest BCUT2D eigenvalue weighted by Gasteiger charge is 2.23. The highest BCUT2D eigenvalue weighted by Crippen LogP contribution is 2.25. The highest BCUT2D eigenvalue weighted by atomic mass is 79.9. The Bertz CT molecular complexity index is 548. The summed E-state index contributed by atoms with van der Waals surface area (Å²) >= 11 is 3.36. The van der Waals surface area contributed by atoms with Gasteiger partial charge in [-0.25, -0.2) is 9.37 Å². The van der Waals surface area contributed by atoms with E-state index in [4.69, 9.17) is 0 Å². The van der Waals surface area contributed by atoms with E-state index < -0.39 is 0 Å². The zero-order valence-electron chi connectivity index (χ0n) is 9.03. The lowest BCUT2D eigenvalue weighted by atomic mass is 10.00. The molecule has 3 nitrogen and oxygen atoms in total. The number of rotatable bonds is 2. The summed E-state index contributed by atoms with van der Waals surface area (Å²) in [6.45, 7) is 1.86. The molecule has 2 heterocycles. The van der Waals surface area contributed by atoms with Crippen LogP contribution in [0.25, 0.3) is 5.69 Å². The minimum absolute atomic E-state index is 0.236. The average molecular weight is 296 g/mol. The molecule has 1 aromatic carbocycles. The van der Waals surface area contributed by atoms with Crippen molar-refractivity contribution in [2.45, 2.75) is 5.92 Å². The van der Waals surface area contributed by atoms with Crippen molar-refractivity contribution in [1.29, 1.82) is 0 Å². The van der Waals surface area contributed by atoms with Crippen molar-refractivity contribution in [3.05, 3.63) is 46.7 Å². The van der Waals surface area contributed by atoms with Crippen molar-refractivity contribution in [2.24, 2.45) is 0 Å². The van der Waals surface area contributed by atoms with Gasteiger partial charge < -0.3 is 5.32 Å². The molecule has 0 bridgehead atoms. The van der Waals surface area contributed by atoms with Gasteiger partial charge in [-0.1, -0.05) is 15.9 Å². The average Bonchev–Trinajstić information content (AvgIpc) is 2.68. The standard InChI is InChI=1S/C12H11BrFN3/c13-9-1-2-10(14)11(3-9)17-7-16-6-12(17)8-4-15-5-8/h1-3,6-8,15H,4-5H2. The SMILES string of the molecule is Fc1ccc(Br)cc1-n1cncc1C1CNC1. The predicted octanol–water partition coefficient (Wildman–Crippen LogP) is 2.46. The molecule has 0 amide bonds. The normalized spacial score (nSPS) is 15.9. The molecule has 17 heavy (non-hydrogen) atoms. The molecule has 2 aromatic rings. The van der Waals surface area contributed by atoms with Crippen molar-refractivity contribution in [2.75, 3.05) is 13.1 Å². The third kappa shape index (κ3) is 1.89. The van der Waals surface area contributed by atoms with Crippen LogP contribution in [0.4, 0.5) is 4.39 Å². The minimum atomic E-state index is -0.236. The van der Waals surface area contributed by atoms with Gasteiger partial charge in [-0.2, -0.15) is 0 Å². The third-order valence-electron chi connectivity index (χ3n) is 3.03. The van der Waals surface area contributed by atoms with Crippen LogP contribution in [0.15, 0.2) is 35.2 Å². The lowest BCUT2D eigenvalue weighted by Gasteiger charge is -2.27. The van der Waals surface area contributed by atoms with E-state index in [1.807, 2.05) is 10.8 Å². The Morgan fingerprint density at radius 1 is 1.41 bits per heavy atom. The van der Waals surface area contributed by atoms with Gasteiger partial charge >= 0.3 is 0 Å². The lowest BCUT2D eigenvalue weighted by Crippen LogP contribution is -2.40. The quantitative estimate of drug-likeness (QED) is 0.922. The van der Waals surface area contributed by atoms with Crippen LogP contribution in [0.1, 0.15) is 11.6 Å². The van der Waals surface area contributed by atoms with Crippen LogP contribution >= 0.6 is 15.9 Å². The summed E-state index contributed by atoms with van der Waals surface area (Å²) in [5, 5.41) is 3.21. The van der Waals surface area contributed by atoms with Crippen molar-refractivity contribution >= 4 is 15.9 Å². The summed E-state index contributed by atoms with van der Waals surface area (Å²) in [5.74, 6) is 0.190. The molecule has 1 saturated heterocycles. The highest BCUT2D eigenvalue weighted by molar-refractivity contribution is 9.10. The number of halogens is 2. The number of hydrogen-bond donors (Lipinski definition) is 1. The molecule has 0 saturated carbocycles. The second kappa shape index (κ2) is 4.23. The van der Waals surface area contributed by atoms with Gasteiger partial charge in [-0.05, 0) is 18.2 Å². The van der Waals surface area contributed by atoms with E-state index in [1.165, 1.54) is 6.07 Å². The van der Waals surface area contributed by atoms with E-state index in [1.54, 1.807) is 18.5 Å². The van der Waals surface area contributed by atoms with Crippen molar-refractivity contribution in [3.8, 4) is 5.69 Å². The van der Waals surface area contributed by atoms with E-state index >= 15 is 0 Å². The summed E-state index contributed by atoms with van der Waals surface area (Å²) in [7, 11) is 0. The molecule has 0 aliphatic carbocycles. The molecule has 0 radical (unpaired) electrons. The summed E-state index contributed by atoms with van der Waals surface area (Å²) in [5.41, 5.74) is 1.60. The Labute approximate surface area is 107 Å². The molecule has 1 fully saturated rings. The zero-order chi connectivity index (χ0) is 11.8. The minimum Gasteiger partial charge on any atom is -0.315 e. The molecule has 1 aliphatic rings. The predicted molar refractivity (Wildman–Crippen MR) is 66.8 cm³/mol. The van der Waals surface area contributed by atoms with Gasteiger partial charge in [0, 0.05) is 35.4 Å². The van der Waals surface area contributed by atoms with Gasteiger partial charge in [0.1, 0.15) is 5.82 Å². The molecule has 88 valence electrons. The first-order chi connectivity index (χ1) is 8.25. The maximum absolute atomic E-state index is 13.8. The summed E-state index contributed by atoms with van der Waals surface area (Å²) in [6, 6.07) is 4.93. The topological polar surface area (TPSA) is 29.9 Å². The van der Waals surface area contributed by atoms with Crippen LogP contribution < -0.4 is 5.32 Å². The van der Waals surface area contributed by atoms with E-state index in [-0.39, 0.29) is 5.82 Å². The molecule has 3 rings (SSSR count). The van der Waals surface area contributed by atoms with Crippen LogP contribution in [0.5, 0.6) is 0 Å². The van der Waals surface area contributed by atoms with Crippen LogP contribution in [0.3, 0.4) is 0 Å². The second-order valence-corrected chi connectivity index (χ2v) is 5.06. The fourth-order valence-electron chi connectivity index (χ4n) is 1.98. The number of aromatic nitrogens is 2.